The Morgan fingerprint density at radius 1 is 0.972 bits per heavy atom. The van der Waals surface area contributed by atoms with Gasteiger partial charge in [-0.3, -0.25) is 9.59 Å². The van der Waals surface area contributed by atoms with E-state index < -0.39 is 6.04 Å². The third-order valence-corrected chi connectivity index (χ3v) is 7.45. The van der Waals surface area contributed by atoms with E-state index in [1.807, 2.05) is 93.6 Å². The van der Waals surface area contributed by atoms with Crippen LogP contribution in [0.5, 0.6) is 5.75 Å². The number of carbonyl (C=O) groups is 2. The summed E-state index contributed by atoms with van der Waals surface area (Å²) in [4.78, 5) is 28.8. The van der Waals surface area contributed by atoms with Crippen LogP contribution in [0.25, 0.3) is 0 Å². The van der Waals surface area contributed by atoms with Gasteiger partial charge in [-0.15, -0.1) is 0 Å². The van der Waals surface area contributed by atoms with Gasteiger partial charge in [0.25, 0.3) is 5.91 Å². The molecule has 0 radical (unpaired) electrons. The summed E-state index contributed by atoms with van der Waals surface area (Å²) in [6.45, 7) is 6.08. The Labute approximate surface area is 230 Å². The summed E-state index contributed by atoms with van der Waals surface area (Å²) in [6, 6.07) is 22.5. The summed E-state index contributed by atoms with van der Waals surface area (Å²) in [6.07, 6.45) is 1.21. The summed E-state index contributed by atoms with van der Waals surface area (Å²) in [5, 5.41) is 3.08. The Morgan fingerprint density at radius 3 is 2.31 bits per heavy atom. The van der Waals surface area contributed by atoms with Gasteiger partial charge in [-0.1, -0.05) is 81.2 Å². The third kappa shape index (κ3) is 8.20. The van der Waals surface area contributed by atoms with Crippen molar-refractivity contribution < 1.29 is 14.3 Å². The lowest BCUT2D eigenvalue weighted by atomic mass is 10.0. The smallest absolute Gasteiger partial charge is 0.261 e. The highest BCUT2D eigenvalue weighted by atomic mass is 79.9. The van der Waals surface area contributed by atoms with Crippen LogP contribution < -0.4 is 10.1 Å². The Morgan fingerprint density at radius 2 is 1.67 bits per heavy atom. The first kappa shape index (κ1) is 27.9. The second kappa shape index (κ2) is 13.6. The SMILES string of the molecule is CC[C@@H](C)NC(=O)[C@@H](Cc1ccccc1)N(Cc1ccc(Br)cc1)C(=O)COc1ccc(Br)c(C)c1. The molecule has 0 saturated carbocycles. The monoisotopic (exact) mass is 614 g/mol. The average molecular weight is 616 g/mol. The molecule has 7 heteroatoms. The molecule has 0 aliphatic heterocycles. The van der Waals surface area contributed by atoms with Crippen molar-refractivity contribution in [2.75, 3.05) is 6.61 Å². The third-order valence-electron chi connectivity index (χ3n) is 6.03. The first-order valence-electron chi connectivity index (χ1n) is 12.0. The van der Waals surface area contributed by atoms with E-state index in [-0.39, 0.29) is 24.5 Å². The predicted octanol–water partition coefficient (Wildman–Crippen LogP) is 6.45. The zero-order chi connectivity index (χ0) is 26.1. The number of aryl methyl sites for hydroxylation is 1. The molecule has 190 valence electrons. The molecule has 1 N–H and O–H groups in total. The van der Waals surface area contributed by atoms with Crippen molar-refractivity contribution in [3.8, 4) is 5.75 Å². The van der Waals surface area contributed by atoms with E-state index in [0.717, 1.165) is 32.1 Å². The van der Waals surface area contributed by atoms with E-state index in [1.165, 1.54) is 0 Å². The predicted molar refractivity (Wildman–Crippen MR) is 151 cm³/mol. The van der Waals surface area contributed by atoms with Crippen LogP contribution in [0.3, 0.4) is 0 Å². The molecular formula is C29H32Br2N2O3. The van der Waals surface area contributed by atoms with Gasteiger partial charge < -0.3 is 15.0 Å². The van der Waals surface area contributed by atoms with Crippen LogP contribution >= 0.6 is 31.9 Å². The van der Waals surface area contributed by atoms with Crippen molar-refractivity contribution >= 4 is 43.7 Å². The van der Waals surface area contributed by atoms with Crippen LogP contribution in [0.2, 0.25) is 0 Å². The number of nitrogens with zero attached hydrogens (tertiary/aromatic N) is 1. The van der Waals surface area contributed by atoms with Gasteiger partial charge in [0.05, 0.1) is 0 Å². The van der Waals surface area contributed by atoms with Gasteiger partial charge >= 0.3 is 0 Å². The van der Waals surface area contributed by atoms with E-state index in [1.54, 1.807) is 4.90 Å². The molecule has 5 nitrogen and oxygen atoms in total. The molecule has 2 atom stereocenters. The normalized spacial score (nSPS) is 12.5. The molecule has 0 unspecified atom stereocenters. The fourth-order valence-corrected chi connectivity index (χ4v) is 4.23. The highest BCUT2D eigenvalue weighted by molar-refractivity contribution is 9.10. The van der Waals surface area contributed by atoms with Gasteiger partial charge in [0.1, 0.15) is 11.8 Å². The van der Waals surface area contributed by atoms with Crippen molar-refractivity contribution in [3.05, 3.63) is 98.4 Å². The van der Waals surface area contributed by atoms with Crippen LogP contribution in [-0.2, 0) is 22.6 Å². The van der Waals surface area contributed by atoms with Crippen molar-refractivity contribution in [2.45, 2.75) is 52.2 Å². The van der Waals surface area contributed by atoms with Gasteiger partial charge in [0.15, 0.2) is 6.61 Å². The van der Waals surface area contributed by atoms with E-state index in [0.29, 0.717) is 18.7 Å². The molecule has 3 rings (SSSR count). The fraction of sp³-hybridized carbons (Fsp3) is 0.310. The second-order valence-corrected chi connectivity index (χ2v) is 10.6. The molecule has 0 bridgehead atoms. The first-order valence-corrected chi connectivity index (χ1v) is 13.6. The molecule has 2 amide bonds. The first-order chi connectivity index (χ1) is 17.3. The topological polar surface area (TPSA) is 58.6 Å². The summed E-state index contributed by atoms with van der Waals surface area (Å²) < 4.78 is 7.80. The number of rotatable bonds is 11. The second-order valence-electron chi connectivity index (χ2n) is 8.87. The van der Waals surface area contributed by atoms with E-state index in [9.17, 15) is 9.59 Å². The van der Waals surface area contributed by atoms with E-state index in [2.05, 4.69) is 37.2 Å². The number of carbonyl (C=O) groups excluding carboxylic acids is 2. The number of amides is 2. The van der Waals surface area contributed by atoms with Crippen molar-refractivity contribution in [1.29, 1.82) is 0 Å². The van der Waals surface area contributed by atoms with Crippen LogP contribution in [0.15, 0.2) is 81.7 Å². The molecule has 0 aliphatic carbocycles. The summed E-state index contributed by atoms with van der Waals surface area (Å²) in [5.74, 6) is 0.188. The van der Waals surface area contributed by atoms with Crippen molar-refractivity contribution in [2.24, 2.45) is 0 Å². The number of hydrogen-bond donors (Lipinski definition) is 1. The molecule has 0 aliphatic rings. The highest BCUT2D eigenvalue weighted by Crippen LogP contribution is 2.22. The zero-order valence-corrected chi connectivity index (χ0v) is 24.0. The molecule has 0 aromatic heterocycles. The molecular weight excluding hydrogens is 584 g/mol. The van der Waals surface area contributed by atoms with Gasteiger partial charge in [0.2, 0.25) is 5.91 Å². The van der Waals surface area contributed by atoms with E-state index in [4.69, 9.17) is 4.74 Å². The largest absolute Gasteiger partial charge is 0.484 e. The standard InChI is InChI=1S/C29H32Br2N2O3/c1-4-21(3)32-29(35)27(17-22-8-6-5-7-9-22)33(18-23-10-12-24(30)13-11-23)28(34)19-36-25-14-15-26(31)20(2)16-25/h5-16,21,27H,4,17-19H2,1-3H3,(H,32,35)/t21-,27-/m1/s1. The van der Waals surface area contributed by atoms with E-state index >= 15 is 0 Å². The molecule has 0 fully saturated rings. The summed E-state index contributed by atoms with van der Waals surface area (Å²) in [7, 11) is 0. The Hall–Kier alpha value is -2.64. The number of ether oxygens (including phenoxy) is 1. The van der Waals surface area contributed by atoms with Crippen molar-refractivity contribution in [3.63, 3.8) is 0 Å². The van der Waals surface area contributed by atoms with Crippen molar-refractivity contribution in [1.82, 2.24) is 10.2 Å². The lowest BCUT2D eigenvalue weighted by Crippen LogP contribution is -2.53. The Kier molecular flexibility index (Phi) is 10.6. The minimum absolute atomic E-state index is 0.00222. The van der Waals surface area contributed by atoms with Crippen LogP contribution in [0.1, 0.15) is 37.0 Å². The molecule has 0 heterocycles. The van der Waals surface area contributed by atoms with Crippen LogP contribution in [0.4, 0.5) is 0 Å². The van der Waals surface area contributed by atoms with Crippen LogP contribution in [0, 0.1) is 6.92 Å². The quantitative estimate of drug-likeness (QED) is 0.270. The number of hydrogen-bond acceptors (Lipinski definition) is 3. The number of halogens is 2. The maximum absolute atomic E-state index is 13.6. The lowest BCUT2D eigenvalue weighted by Gasteiger charge is -2.32. The van der Waals surface area contributed by atoms with Crippen LogP contribution in [-0.4, -0.2) is 35.4 Å². The molecule has 36 heavy (non-hydrogen) atoms. The minimum Gasteiger partial charge on any atom is -0.484 e. The number of nitrogens with one attached hydrogen (secondary N) is 1. The van der Waals surface area contributed by atoms with Gasteiger partial charge in [0, 0.05) is 28.0 Å². The summed E-state index contributed by atoms with van der Waals surface area (Å²) in [5.41, 5.74) is 2.93. The fourth-order valence-electron chi connectivity index (χ4n) is 3.72. The number of benzene rings is 3. The molecule has 0 spiro atoms. The summed E-state index contributed by atoms with van der Waals surface area (Å²) >= 11 is 6.95. The Balaban J connectivity index is 1.90. The maximum atomic E-state index is 13.6. The zero-order valence-electron chi connectivity index (χ0n) is 20.8. The molecule has 0 saturated heterocycles. The van der Waals surface area contributed by atoms with Gasteiger partial charge in [-0.2, -0.15) is 0 Å². The Bertz CT molecular complexity index is 1150. The van der Waals surface area contributed by atoms with Gasteiger partial charge in [-0.25, -0.2) is 0 Å². The molecule has 3 aromatic rings. The highest BCUT2D eigenvalue weighted by Gasteiger charge is 2.31. The maximum Gasteiger partial charge on any atom is 0.261 e. The lowest BCUT2D eigenvalue weighted by molar-refractivity contribution is -0.143. The minimum atomic E-state index is -0.687. The van der Waals surface area contributed by atoms with Gasteiger partial charge in [-0.05, 0) is 67.3 Å². The molecule has 3 aromatic carbocycles. The average Bonchev–Trinajstić information content (AvgIpc) is 2.88.